The minimum absolute atomic E-state index is 0.104. The van der Waals surface area contributed by atoms with Gasteiger partial charge in [-0.25, -0.2) is 4.79 Å². The molecule has 0 aliphatic rings. The predicted molar refractivity (Wildman–Crippen MR) is 150 cm³/mol. The zero-order chi connectivity index (χ0) is 28.5. The summed E-state index contributed by atoms with van der Waals surface area (Å²) in [6.07, 6.45) is 2.93. The molecule has 0 saturated heterocycles. The molecule has 8 heteroatoms. The Balaban J connectivity index is 2.47. The highest BCUT2D eigenvalue weighted by Crippen LogP contribution is 2.29. The zero-order valence-corrected chi connectivity index (χ0v) is 23.8. The molecule has 208 valence electrons. The van der Waals surface area contributed by atoms with Crippen LogP contribution in [0.4, 0.5) is 10.5 Å². The second-order valence-corrected chi connectivity index (χ2v) is 10.7. The Morgan fingerprint density at radius 3 is 2.29 bits per heavy atom. The van der Waals surface area contributed by atoms with Crippen molar-refractivity contribution in [1.29, 1.82) is 0 Å². The lowest BCUT2D eigenvalue weighted by Gasteiger charge is -2.34. The number of hydrogen-bond acceptors (Lipinski definition) is 5. The number of unbranched alkanes of at least 4 members (excludes halogenated alkanes) is 3. The minimum Gasteiger partial charge on any atom is -0.508 e. The molecule has 8 nitrogen and oxygen atoms in total. The van der Waals surface area contributed by atoms with Crippen LogP contribution >= 0.6 is 0 Å². The number of para-hydroxylation sites is 1. The molecule has 0 bridgehead atoms. The van der Waals surface area contributed by atoms with Crippen molar-refractivity contribution in [2.24, 2.45) is 0 Å². The van der Waals surface area contributed by atoms with Crippen LogP contribution in [-0.4, -0.2) is 46.1 Å². The molecule has 2 aromatic rings. The van der Waals surface area contributed by atoms with Crippen molar-refractivity contribution in [1.82, 2.24) is 10.2 Å². The molecule has 3 N–H and O–H groups in total. The minimum atomic E-state index is -0.981. The van der Waals surface area contributed by atoms with Crippen molar-refractivity contribution in [3.05, 3.63) is 59.2 Å². The molecule has 2 atom stereocenters. The van der Waals surface area contributed by atoms with Gasteiger partial charge in [0.1, 0.15) is 23.4 Å². The molecule has 2 rings (SSSR count). The molecule has 0 aromatic heterocycles. The van der Waals surface area contributed by atoms with Gasteiger partial charge < -0.3 is 25.4 Å². The standard InChI is InChI=1S/C30H43N3O5/c1-8-9-10-13-18-33(28(36)22(4)31-29(37)38-30(5,6)7)26(23-16-17-25(34)21(3)19-23)27(35)32-24-15-12-11-14-20(24)2/h11-12,14-17,19,22,26,34H,8-10,13,18H2,1-7H3,(H,31,37)(H,32,35). The van der Waals surface area contributed by atoms with Crippen molar-refractivity contribution in [3.63, 3.8) is 0 Å². The molecule has 2 unspecified atom stereocenters. The third-order valence-electron chi connectivity index (χ3n) is 6.14. The number of benzene rings is 2. The van der Waals surface area contributed by atoms with Crippen molar-refractivity contribution in [3.8, 4) is 5.75 Å². The summed E-state index contributed by atoms with van der Waals surface area (Å²) < 4.78 is 5.34. The van der Waals surface area contributed by atoms with Crippen LogP contribution < -0.4 is 10.6 Å². The number of anilines is 1. The number of nitrogens with zero attached hydrogens (tertiary/aromatic N) is 1. The van der Waals surface area contributed by atoms with E-state index in [0.29, 0.717) is 29.8 Å². The normalized spacial score (nSPS) is 12.8. The van der Waals surface area contributed by atoms with E-state index in [2.05, 4.69) is 17.6 Å². The Kier molecular flexibility index (Phi) is 11.2. The van der Waals surface area contributed by atoms with E-state index in [1.54, 1.807) is 46.8 Å². The number of amides is 3. The van der Waals surface area contributed by atoms with E-state index < -0.39 is 29.7 Å². The van der Waals surface area contributed by atoms with E-state index in [4.69, 9.17) is 4.74 Å². The first kappa shape index (κ1) is 30.7. The number of aromatic hydroxyl groups is 1. The van der Waals surface area contributed by atoms with Crippen molar-refractivity contribution in [2.75, 3.05) is 11.9 Å². The van der Waals surface area contributed by atoms with Gasteiger partial charge >= 0.3 is 6.09 Å². The summed E-state index contributed by atoms with van der Waals surface area (Å²) in [4.78, 5) is 41.6. The zero-order valence-electron chi connectivity index (χ0n) is 23.8. The van der Waals surface area contributed by atoms with Gasteiger partial charge in [-0.05, 0) is 82.9 Å². The Labute approximate surface area is 226 Å². The quantitative estimate of drug-likeness (QED) is 0.311. The fraction of sp³-hybridized carbons (Fsp3) is 0.500. The molecule has 0 radical (unpaired) electrons. The Morgan fingerprint density at radius 2 is 1.68 bits per heavy atom. The van der Waals surface area contributed by atoms with Gasteiger partial charge in [-0.2, -0.15) is 0 Å². The average molecular weight is 526 g/mol. The molecule has 3 amide bonds. The number of alkyl carbamates (subject to hydrolysis) is 1. The van der Waals surface area contributed by atoms with Gasteiger partial charge in [-0.3, -0.25) is 9.59 Å². The number of aryl methyl sites for hydroxylation is 2. The molecule has 0 aliphatic carbocycles. The molecule has 2 aromatic carbocycles. The number of phenolic OH excluding ortho intramolecular Hbond substituents is 1. The third kappa shape index (κ3) is 9.08. The summed E-state index contributed by atoms with van der Waals surface area (Å²) in [5.74, 6) is -0.673. The summed E-state index contributed by atoms with van der Waals surface area (Å²) in [6, 6.07) is 10.4. The highest BCUT2D eigenvalue weighted by molar-refractivity contribution is 5.99. The van der Waals surface area contributed by atoms with Crippen LogP contribution in [0.15, 0.2) is 42.5 Å². The Hall–Kier alpha value is -3.55. The van der Waals surface area contributed by atoms with Gasteiger partial charge in [0.2, 0.25) is 5.91 Å². The van der Waals surface area contributed by atoms with Crippen LogP contribution in [0.3, 0.4) is 0 Å². The molecule has 0 heterocycles. The van der Waals surface area contributed by atoms with Gasteiger partial charge in [0, 0.05) is 12.2 Å². The van der Waals surface area contributed by atoms with Gasteiger partial charge in [0.25, 0.3) is 5.91 Å². The van der Waals surface area contributed by atoms with E-state index in [9.17, 15) is 19.5 Å². The first-order valence-electron chi connectivity index (χ1n) is 13.3. The molecular formula is C30H43N3O5. The number of carbonyl (C=O) groups is 3. The van der Waals surface area contributed by atoms with Crippen molar-refractivity contribution in [2.45, 2.75) is 91.8 Å². The number of phenols is 1. The lowest BCUT2D eigenvalue weighted by atomic mass is 9.99. The smallest absolute Gasteiger partial charge is 0.408 e. The summed E-state index contributed by atoms with van der Waals surface area (Å²) in [7, 11) is 0. The number of rotatable bonds is 11. The van der Waals surface area contributed by atoms with Crippen molar-refractivity contribution < 1.29 is 24.2 Å². The average Bonchev–Trinajstić information content (AvgIpc) is 2.82. The van der Waals surface area contributed by atoms with Crippen LogP contribution in [0.5, 0.6) is 5.75 Å². The maximum absolute atomic E-state index is 13.8. The Bertz CT molecular complexity index is 1110. The Morgan fingerprint density at radius 1 is 1.00 bits per heavy atom. The molecule has 38 heavy (non-hydrogen) atoms. The van der Waals surface area contributed by atoms with Crippen molar-refractivity contribution >= 4 is 23.6 Å². The summed E-state index contributed by atoms with van der Waals surface area (Å²) in [5, 5.41) is 15.7. The van der Waals surface area contributed by atoms with Gasteiger partial charge in [-0.15, -0.1) is 0 Å². The first-order valence-corrected chi connectivity index (χ1v) is 13.3. The predicted octanol–water partition coefficient (Wildman–Crippen LogP) is 6.01. The molecular weight excluding hydrogens is 482 g/mol. The van der Waals surface area contributed by atoms with E-state index in [-0.39, 0.29) is 11.7 Å². The molecule has 0 fully saturated rings. The monoisotopic (exact) mass is 525 g/mol. The van der Waals surface area contributed by atoms with E-state index in [0.717, 1.165) is 24.8 Å². The topological polar surface area (TPSA) is 108 Å². The van der Waals surface area contributed by atoms with E-state index >= 15 is 0 Å². The van der Waals surface area contributed by atoms with Crippen LogP contribution in [0.25, 0.3) is 0 Å². The number of nitrogens with one attached hydrogen (secondary N) is 2. The lowest BCUT2D eigenvalue weighted by molar-refractivity contribution is -0.140. The summed E-state index contributed by atoms with van der Waals surface area (Å²) in [5.41, 5.74) is 1.99. The molecule has 0 saturated carbocycles. The molecule has 0 aliphatic heterocycles. The highest BCUT2D eigenvalue weighted by atomic mass is 16.6. The first-order chi connectivity index (χ1) is 17.8. The maximum atomic E-state index is 13.8. The largest absolute Gasteiger partial charge is 0.508 e. The number of carbonyl (C=O) groups excluding carboxylic acids is 3. The third-order valence-corrected chi connectivity index (χ3v) is 6.14. The number of hydrogen-bond donors (Lipinski definition) is 3. The highest BCUT2D eigenvalue weighted by Gasteiger charge is 2.35. The second kappa shape index (κ2) is 13.8. The van der Waals surface area contributed by atoms with Crippen LogP contribution in [0.2, 0.25) is 0 Å². The molecule has 0 spiro atoms. The van der Waals surface area contributed by atoms with Crippen LogP contribution in [0.1, 0.15) is 83.0 Å². The van der Waals surface area contributed by atoms with Crippen LogP contribution in [-0.2, 0) is 14.3 Å². The van der Waals surface area contributed by atoms with E-state index in [1.165, 1.54) is 11.0 Å². The van der Waals surface area contributed by atoms with Gasteiger partial charge in [0.15, 0.2) is 0 Å². The SMILES string of the molecule is CCCCCCN(C(=O)C(C)NC(=O)OC(C)(C)C)C(C(=O)Nc1ccccc1C)c1ccc(O)c(C)c1. The second-order valence-electron chi connectivity index (χ2n) is 10.7. The number of ether oxygens (including phenoxy) is 1. The van der Waals surface area contributed by atoms with Gasteiger partial charge in [0.05, 0.1) is 0 Å². The lowest BCUT2D eigenvalue weighted by Crippen LogP contribution is -2.51. The van der Waals surface area contributed by atoms with E-state index in [1.807, 2.05) is 31.2 Å². The summed E-state index contributed by atoms with van der Waals surface area (Å²) >= 11 is 0. The maximum Gasteiger partial charge on any atom is 0.408 e. The van der Waals surface area contributed by atoms with Crippen LogP contribution in [0, 0.1) is 13.8 Å². The summed E-state index contributed by atoms with van der Waals surface area (Å²) in [6.45, 7) is 12.9. The fourth-order valence-electron chi connectivity index (χ4n) is 4.11. The fourth-order valence-corrected chi connectivity index (χ4v) is 4.11. The van der Waals surface area contributed by atoms with Gasteiger partial charge in [-0.1, -0.05) is 50.5 Å².